The summed E-state index contributed by atoms with van der Waals surface area (Å²) in [6.07, 6.45) is 3.67. The maximum absolute atomic E-state index is 11.9. The Balaban J connectivity index is 2.17. The Kier molecular flexibility index (Phi) is 4.49. The first-order chi connectivity index (χ1) is 9.47. The number of aliphatic hydroxyl groups is 1. The van der Waals surface area contributed by atoms with Gasteiger partial charge >= 0.3 is 5.97 Å². The van der Waals surface area contributed by atoms with Crippen LogP contribution in [0.25, 0.3) is 0 Å². The molecule has 0 unspecified atom stereocenters. The van der Waals surface area contributed by atoms with E-state index in [0.717, 1.165) is 37.2 Å². The predicted molar refractivity (Wildman–Crippen MR) is 79.2 cm³/mol. The SMILES string of the molecule is CCOC(=O)c1c(N)nsc1N(C)CC1(O)CCCC1. The average molecular weight is 299 g/mol. The Labute approximate surface area is 122 Å². The summed E-state index contributed by atoms with van der Waals surface area (Å²) in [5.74, 6) is -0.271. The second-order valence-corrected chi connectivity index (χ2v) is 6.01. The van der Waals surface area contributed by atoms with E-state index >= 15 is 0 Å². The van der Waals surface area contributed by atoms with Gasteiger partial charge in [0.15, 0.2) is 5.82 Å². The molecule has 0 spiro atoms. The van der Waals surface area contributed by atoms with Gasteiger partial charge in [-0.05, 0) is 31.3 Å². The summed E-state index contributed by atoms with van der Waals surface area (Å²) in [7, 11) is 1.84. The highest BCUT2D eigenvalue weighted by molar-refractivity contribution is 7.11. The number of hydrogen-bond acceptors (Lipinski definition) is 7. The van der Waals surface area contributed by atoms with Crippen LogP contribution in [0, 0.1) is 0 Å². The van der Waals surface area contributed by atoms with Gasteiger partial charge in [0, 0.05) is 13.6 Å². The van der Waals surface area contributed by atoms with Crippen LogP contribution in [0.1, 0.15) is 43.0 Å². The number of hydrogen-bond donors (Lipinski definition) is 2. The number of likely N-dealkylation sites (N-methyl/N-ethyl adjacent to an activating group) is 1. The van der Waals surface area contributed by atoms with Gasteiger partial charge in [0.05, 0.1) is 12.2 Å². The highest BCUT2D eigenvalue weighted by Crippen LogP contribution is 2.35. The van der Waals surface area contributed by atoms with Gasteiger partial charge in [0.2, 0.25) is 0 Å². The fourth-order valence-corrected chi connectivity index (χ4v) is 3.41. The van der Waals surface area contributed by atoms with Crippen LogP contribution < -0.4 is 10.6 Å². The number of nitrogens with zero attached hydrogens (tertiary/aromatic N) is 2. The van der Waals surface area contributed by atoms with Crippen LogP contribution in [-0.4, -0.2) is 41.2 Å². The minimum absolute atomic E-state index is 0.189. The largest absolute Gasteiger partial charge is 0.462 e. The first kappa shape index (κ1) is 15.1. The number of carbonyl (C=O) groups is 1. The van der Waals surface area contributed by atoms with Gasteiger partial charge in [-0.3, -0.25) is 0 Å². The zero-order valence-electron chi connectivity index (χ0n) is 11.9. The third kappa shape index (κ3) is 3.04. The van der Waals surface area contributed by atoms with Gasteiger partial charge in [-0.1, -0.05) is 12.8 Å². The molecular weight excluding hydrogens is 278 g/mol. The zero-order valence-corrected chi connectivity index (χ0v) is 12.7. The van der Waals surface area contributed by atoms with Crippen molar-refractivity contribution in [1.82, 2.24) is 4.37 Å². The lowest BCUT2D eigenvalue weighted by Crippen LogP contribution is -2.39. The number of carbonyl (C=O) groups excluding carboxylic acids is 1. The molecule has 3 N–H and O–H groups in total. The summed E-state index contributed by atoms with van der Waals surface area (Å²) in [6, 6.07) is 0. The Hall–Kier alpha value is -1.34. The maximum atomic E-state index is 11.9. The molecule has 1 heterocycles. The van der Waals surface area contributed by atoms with Gasteiger partial charge in [0.1, 0.15) is 10.6 Å². The van der Waals surface area contributed by atoms with E-state index in [0.29, 0.717) is 23.7 Å². The van der Waals surface area contributed by atoms with E-state index in [-0.39, 0.29) is 5.82 Å². The topological polar surface area (TPSA) is 88.7 Å². The first-order valence-corrected chi connectivity index (χ1v) is 7.60. The molecule has 7 heteroatoms. The van der Waals surface area contributed by atoms with Gasteiger partial charge in [-0.25, -0.2) is 4.79 Å². The molecule has 6 nitrogen and oxygen atoms in total. The van der Waals surface area contributed by atoms with Crippen LogP contribution in [0.15, 0.2) is 0 Å². The quantitative estimate of drug-likeness (QED) is 0.804. The molecule has 0 saturated heterocycles. The minimum Gasteiger partial charge on any atom is -0.462 e. The third-order valence-corrected chi connectivity index (χ3v) is 4.57. The van der Waals surface area contributed by atoms with Crippen LogP contribution in [-0.2, 0) is 4.74 Å². The number of esters is 1. The second-order valence-electron chi connectivity index (χ2n) is 5.26. The van der Waals surface area contributed by atoms with E-state index in [9.17, 15) is 9.90 Å². The Morgan fingerprint density at radius 3 is 2.80 bits per heavy atom. The van der Waals surface area contributed by atoms with E-state index in [2.05, 4.69) is 4.37 Å². The Morgan fingerprint density at radius 2 is 2.20 bits per heavy atom. The lowest BCUT2D eigenvalue weighted by Gasteiger charge is -2.29. The summed E-state index contributed by atoms with van der Waals surface area (Å²) >= 11 is 1.16. The lowest BCUT2D eigenvalue weighted by molar-refractivity contribution is 0.0516. The third-order valence-electron chi connectivity index (χ3n) is 3.59. The van der Waals surface area contributed by atoms with E-state index in [1.807, 2.05) is 11.9 Å². The Morgan fingerprint density at radius 1 is 1.55 bits per heavy atom. The molecule has 0 aliphatic heterocycles. The van der Waals surface area contributed by atoms with Gasteiger partial charge in [-0.15, -0.1) is 0 Å². The fraction of sp³-hybridized carbons (Fsp3) is 0.692. The lowest BCUT2D eigenvalue weighted by atomic mass is 10.0. The molecule has 0 bridgehead atoms. The summed E-state index contributed by atoms with van der Waals surface area (Å²) in [6.45, 7) is 2.51. The molecule has 0 atom stereocenters. The number of rotatable bonds is 5. The van der Waals surface area contributed by atoms with Crippen molar-refractivity contribution in [3.8, 4) is 0 Å². The molecule has 1 saturated carbocycles. The van der Waals surface area contributed by atoms with Crippen LogP contribution in [0.4, 0.5) is 10.8 Å². The van der Waals surface area contributed by atoms with E-state index in [1.165, 1.54) is 0 Å². The maximum Gasteiger partial charge on any atom is 0.345 e. The van der Waals surface area contributed by atoms with Crippen molar-refractivity contribution in [1.29, 1.82) is 0 Å². The second kappa shape index (κ2) is 5.97. The predicted octanol–water partition coefficient (Wildman–Crippen LogP) is 1.64. The average Bonchev–Trinajstić information content (AvgIpc) is 2.96. The van der Waals surface area contributed by atoms with E-state index in [1.54, 1.807) is 6.92 Å². The molecule has 0 amide bonds. The highest BCUT2D eigenvalue weighted by atomic mass is 32.1. The van der Waals surface area contributed by atoms with E-state index in [4.69, 9.17) is 10.5 Å². The summed E-state index contributed by atoms with van der Waals surface area (Å²) in [4.78, 5) is 13.8. The molecule has 2 rings (SSSR count). The smallest absolute Gasteiger partial charge is 0.345 e. The minimum atomic E-state index is -0.681. The van der Waals surface area contributed by atoms with Crippen molar-refractivity contribution in [3.05, 3.63) is 5.56 Å². The monoisotopic (exact) mass is 299 g/mol. The summed E-state index contributed by atoms with van der Waals surface area (Å²) < 4.78 is 9.05. The molecule has 20 heavy (non-hydrogen) atoms. The van der Waals surface area contributed by atoms with Crippen molar-refractivity contribution in [2.75, 3.05) is 30.8 Å². The summed E-state index contributed by atoms with van der Waals surface area (Å²) in [5.41, 5.74) is 5.39. The summed E-state index contributed by atoms with van der Waals surface area (Å²) in [5, 5.41) is 11.1. The van der Waals surface area contributed by atoms with Crippen LogP contribution in [0.3, 0.4) is 0 Å². The zero-order chi connectivity index (χ0) is 14.8. The first-order valence-electron chi connectivity index (χ1n) is 6.82. The highest BCUT2D eigenvalue weighted by Gasteiger charge is 2.34. The van der Waals surface area contributed by atoms with Crippen molar-refractivity contribution in [2.24, 2.45) is 0 Å². The molecule has 1 aromatic rings. The van der Waals surface area contributed by atoms with Crippen molar-refractivity contribution < 1.29 is 14.6 Å². The number of nitrogens with two attached hydrogens (primary N) is 1. The number of nitrogen functional groups attached to an aromatic ring is 1. The molecule has 1 aromatic heterocycles. The molecule has 1 aliphatic rings. The van der Waals surface area contributed by atoms with Crippen molar-refractivity contribution >= 4 is 28.3 Å². The standard InChI is InChI=1S/C13H21N3O3S/c1-3-19-12(17)9-10(14)15-20-11(9)16(2)8-13(18)6-4-5-7-13/h18H,3-8H2,1-2H3,(H2,14,15). The fourth-order valence-electron chi connectivity index (χ4n) is 2.65. The molecule has 112 valence electrons. The molecular formula is C13H21N3O3S. The molecule has 1 fully saturated rings. The molecule has 0 aromatic carbocycles. The van der Waals surface area contributed by atoms with Gasteiger partial charge in [0.25, 0.3) is 0 Å². The molecule has 0 radical (unpaired) electrons. The van der Waals surface area contributed by atoms with Crippen molar-refractivity contribution in [2.45, 2.75) is 38.2 Å². The van der Waals surface area contributed by atoms with Crippen LogP contribution in [0.5, 0.6) is 0 Å². The van der Waals surface area contributed by atoms with Crippen molar-refractivity contribution in [3.63, 3.8) is 0 Å². The van der Waals surface area contributed by atoms with E-state index < -0.39 is 11.6 Å². The normalized spacial score (nSPS) is 17.1. The van der Waals surface area contributed by atoms with Gasteiger partial charge < -0.3 is 20.5 Å². The van der Waals surface area contributed by atoms with Crippen LogP contribution >= 0.6 is 11.5 Å². The Bertz CT molecular complexity index is 483. The number of ether oxygens (including phenoxy) is 1. The number of anilines is 2. The number of aromatic nitrogens is 1. The van der Waals surface area contributed by atoms with Gasteiger partial charge in [-0.2, -0.15) is 4.37 Å². The van der Waals surface area contributed by atoms with Crippen LogP contribution in [0.2, 0.25) is 0 Å². The molecule has 1 aliphatic carbocycles.